The number of hydrazine groups is 1. The van der Waals surface area contributed by atoms with Crippen molar-refractivity contribution >= 4 is 17.3 Å². The van der Waals surface area contributed by atoms with Crippen molar-refractivity contribution in [1.82, 2.24) is 10.3 Å². The summed E-state index contributed by atoms with van der Waals surface area (Å²) in [5, 5.41) is 5.06. The van der Waals surface area contributed by atoms with E-state index >= 15 is 0 Å². The minimum absolute atomic E-state index is 0.401. The van der Waals surface area contributed by atoms with Crippen molar-refractivity contribution in [2.75, 3.05) is 7.05 Å². The van der Waals surface area contributed by atoms with Crippen molar-refractivity contribution in [3.8, 4) is 0 Å². The zero-order valence-corrected chi connectivity index (χ0v) is 7.53. The smallest absolute Gasteiger partial charge is 0.183 e. The third kappa shape index (κ3) is 3.63. The molecule has 3 N–H and O–H groups in total. The van der Waals surface area contributed by atoms with Gasteiger partial charge in [-0.1, -0.05) is 6.92 Å². The fourth-order valence-corrected chi connectivity index (χ4v) is 0.616. The van der Waals surface area contributed by atoms with E-state index in [4.69, 9.17) is 18.1 Å². The molecule has 0 fully saturated rings. The molecule has 4 heteroatoms. The highest BCUT2D eigenvalue weighted by Crippen LogP contribution is 1.88. The maximum atomic E-state index is 5.37. The van der Waals surface area contributed by atoms with Gasteiger partial charge in [0.05, 0.1) is 0 Å². The molecule has 0 bridgehead atoms. The zero-order chi connectivity index (χ0) is 8.15. The summed E-state index contributed by atoms with van der Waals surface area (Å²) in [6, 6.07) is 0.401. The predicted octanol–water partition coefficient (Wildman–Crippen LogP) is 0.465. The molecule has 60 valence electrons. The van der Waals surface area contributed by atoms with Gasteiger partial charge < -0.3 is 5.32 Å². The van der Waals surface area contributed by atoms with E-state index in [1.165, 1.54) is 5.01 Å². The molecule has 0 amide bonds. The van der Waals surface area contributed by atoms with E-state index in [1.54, 1.807) is 7.05 Å². The lowest BCUT2D eigenvalue weighted by Crippen LogP contribution is -2.44. The number of nitrogens with two attached hydrogens (primary N) is 1. The van der Waals surface area contributed by atoms with Gasteiger partial charge in [0, 0.05) is 13.1 Å². The Morgan fingerprint density at radius 3 is 2.60 bits per heavy atom. The Balaban J connectivity index is 3.57. The number of hydrogen-bond acceptors (Lipinski definition) is 2. The van der Waals surface area contributed by atoms with E-state index in [0.717, 1.165) is 6.42 Å². The van der Waals surface area contributed by atoms with Gasteiger partial charge in [0.2, 0.25) is 0 Å². The summed E-state index contributed by atoms with van der Waals surface area (Å²) in [5.41, 5.74) is 0. The van der Waals surface area contributed by atoms with Crippen molar-refractivity contribution in [1.29, 1.82) is 0 Å². The fourth-order valence-electron chi connectivity index (χ4n) is 0.415. The first-order valence-electron chi connectivity index (χ1n) is 3.36. The normalized spacial score (nSPS) is 12.4. The van der Waals surface area contributed by atoms with Crippen LogP contribution in [0.25, 0.3) is 0 Å². The lowest BCUT2D eigenvalue weighted by Gasteiger charge is -2.18. The van der Waals surface area contributed by atoms with Gasteiger partial charge in [0.1, 0.15) is 0 Å². The van der Waals surface area contributed by atoms with E-state index in [1.807, 2.05) is 0 Å². The minimum Gasteiger partial charge on any atom is -0.359 e. The Kier molecular flexibility index (Phi) is 4.31. The molecule has 0 rings (SSSR count). The second-order valence-corrected chi connectivity index (χ2v) is 2.76. The van der Waals surface area contributed by atoms with E-state index in [2.05, 4.69) is 19.2 Å². The zero-order valence-electron chi connectivity index (χ0n) is 6.72. The molecule has 0 heterocycles. The Hall–Kier alpha value is -0.350. The van der Waals surface area contributed by atoms with Crippen LogP contribution in [-0.4, -0.2) is 23.2 Å². The highest BCUT2D eigenvalue weighted by atomic mass is 32.1. The molecule has 0 aromatic rings. The molecule has 0 aliphatic heterocycles. The number of hydrogen-bond donors (Lipinski definition) is 2. The lowest BCUT2D eigenvalue weighted by molar-refractivity contribution is 0.502. The fraction of sp³-hybridized carbons (Fsp3) is 0.833. The maximum absolute atomic E-state index is 5.37. The first kappa shape index (κ1) is 9.65. The number of rotatable bonds is 2. The minimum atomic E-state index is 0.401. The molecule has 1 atom stereocenters. The monoisotopic (exact) mass is 161 g/mol. The number of nitrogens with one attached hydrogen (secondary N) is 1. The molecule has 0 aliphatic carbocycles. The quantitative estimate of drug-likeness (QED) is 0.351. The molecule has 0 saturated heterocycles. The molecule has 3 nitrogen and oxygen atoms in total. The SMILES string of the molecule is CC[C@@H](C)NC(=S)N(C)N. The summed E-state index contributed by atoms with van der Waals surface area (Å²) < 4.78 is 0. The molecule has 0 aromatic carbocycles. The summed E-state index contributed by atoms with van der Waals surface area (Å²) in [5.74, 6) is 5.37. The Morgan fingerprint density at radius 2 is 2.30 bits per heavy atom. The van der Waals surface area contributed by atoms with Gasteiger partial charge >= 0.3 is 0 Å². The second-order valence-electron chi connectivity index (χ2n) is 2.37. The van der Waals surface area contributed by atoms with Crippen molar-refractivity contribution in [3.63, 3.8) is 0 Å². The van der Waals surface area contributed by atoms with Crippen LogP contribution in [0, 0.1) is 0 Å². The van der Waals surface area contributed by atoms with Gasteiger partial charge in [0.25, 0.3) is 0 Å². The molecular weight excluding hydrogens is 146 g/mol. The molecule has 0 radical (unpaired) electrons. The molecule has 0 spiro atoms. The van der Waals surface area contributed by atoms with Crippen LogP contribution in [0.3, 0.4) is 0 Å². The van der Waals surface area contributed by atoms with Gasteiger partial charge in [0.15, 0.2) is 5.11 Å². The van der Waals surface area contributed by atoms with Crippen molar-refractivity contribution in [3.05, 3.63) is 0 Å². The maximum Gasteiger partial charge on any atom is 0.183 e. The first-order chi connectivity index (χ1) is 4.57. The Labute approximate surface area is 67.5 Å². The van der Waals surface area contributed by atoms with Gasteiger partial charge in [-0.15, -0.1) is 0 Å². The highest BCUT2D eigenvalue weighted by Gasteiger charge is 2.01. The number of thiocarbonyl (C=S) groups is 1. The van der Waals surface area contributed by atoms with Crippen LogP contribution in [0.5, 0.6) is 0 Å². The van der Waals surface area contributed by atoms with E-state index in [0.29, 0.717) is 11.2 Å². The summed E-state index contributed by atoms with van der Waals surface area (Å²) >= 11 is 4.91. The number of nitrogens with zero attached hydrogens (tertiary/aromatic N) is 1. The molecule has 10 heavy (non-hydrogen) atoms. The van der Waals surface area contributed by atoms with Crippen LogP contribution in [0.4, 0.5) is 0 Å². The average molecular weight is 161 g/mol. The van der Waals surface area contributed by atoms with Crippen LogP contribution in [0.1, 0.15) is 20.3 Å². The summed E-state index contributed by atoms with van der Waals surface area (Å²) in [4.78, 5) is 0. The van der Waals surface area contributed by atoms with Gasteiger partial charge in [-0.2, -0.15) is 0 Å². The van der Waals surface area contributed by atoms with Crippen LogP contribution in [0.2, 0.25) is 0 Å². The Morgan fingerprint density at radius 1 is 1.80 bits per heavy atom. The average Bonchev–Trinajstić information content (AvgIpc) is 1.87. The van der Waals surface area contributed by atoms with Crippen LogP contribution in [-0.2, 0) is 0 Å². The van der Waals surface area contributed by atoms with Gasteiger partial charge in [-0.25, -0.2) is 5.84 Å². The molecule has 0 saturated carbocycles. The second kappa shape index (κ2) is 4.46. The third-order valence-electron chi connectivity index (χ3n) is 1.30. The molecular formula is C6H15N3S. The lowest BCUT2D eigenvalue weighted by atomic mass is 10.3. The predicted molar refractivity (Wildman–Crippen MR) is 47.4 cm³/mol. The van der Waals surface area contributed by atoms with Crippen molar-refractivity contribution < 1.29 is 0 Å². The standard InChI is InChI=1S/C6H15N3S/c1-4-5(2)8-6(10)9(3)7/h5H,4,7H2,1-3H3,(H,8,10)/t5-/m1/s1. The topological polar surface area (TPSA) is 41.3 Å². The largest absolute Gasteiger partial charge is 0.359 e. The van der Waals surface area contributed by atoms with Gasteiger partial charge in [-0.05, 0) is 25.6 Å². The van der Waals surface area contributed by atoms with Crippen LogP contribution < -0.4 is 11.2 Å². The van der Waals surface area contributed by atoms with Crippen molar-refractivity contribution in [2.24, 2.45) is 5.84 Å². The summed E-state index contributed by atoms with van der Waals surface area (Å²) in [7, 11) is 1.72. The van der Waals surface area contributed by atoms with Gasteiger partial charge in [-0.3, -0.25) is 5.01 Å². The van der Waals surface area contributed by atoms with E-state index in [9.17, 15) is 0 Å². The molecule has 0 aromatic heterocycles. The summed E-state index contributed by atoms with van der Waals surface area (Å²) in [6.45, 7) is 4.16. The van der Waals surface area contributed by atoms with Crippen LogP contribution in [0.15, 0.2) is 0 Å². The first-order valence-corrected chi connectivity index (χ1v) is 3.77. The highest BCUT2D eigenvalue weighted by molar-refractivity contribution is 7.80. The van der Waals surface area contributed by atoms with Crippen LogP contribution >= 0.6 is 12.2 Å². The van der Waals surface area contributed by atoms with E-state index < -0.39 is 0 Å². The molecule has 0 unspecified atom stereocenters. The molecule has 0 aliphatic rings. The Bertz CT molecular complexity index is 114. The third-order valence-corrected chi connectivity index (χ3v) is 1.71. The van der Waals surface area contributed by atoms with E-state index in [-0.39, 0.29) is 0 Å². The van der Waals surface area contributed by atoms with Crippen molar-refractivity contribution in [2.45, 2.75) is 26.3 Å². The summed E-state index contributed by atoms with van der Waals surface area (Å²) in [6.07, 6.45) is 1.05.